The highest BCUT2D eigenvalue weighted by Gasteiger charge is 2.37. The Morgan fingerprint density at radius 3 is 2.57 bits per heavy atom. The molecule has 0 aliphatic carbocycles. The largest absolute Gasteiger partial charge is 0.493 e. The van der Waals surface area contributed by atoms with Gasteiger partial charge in [-0.25, -0.2) is 4.98 Å². The lowest BCUT2D eigenvalue weighted by atomic mass is 10.3. The van der Waals surface area contributed by atoms with Crippen LogP contribution < -0.4 is 10.1 Å². The summed E-state index contributed by atoms with van der Waals surface area (Å²) in [5.41, 5.74) is -0.795. The molecule has 0 unspecified atom stereocenters. The maximum absolute atomic E-state index is 12.9. The molecule has 0 aliphatic rings. The van der Waals surface area contributed by atoms with Gasteiger partial charge in [0.1, 0.15) is 5.75 Å². The van der Waals surface area contributed by atoms with E-state index < -0.39 is 11.9 Å². The monoisotopic (exact) mass is 316 g/mol. The summed E-state index contributed by atoms with van der Waals surface area (Å²) in [6.45, 7) is 0.458. The fourth-order valence-electron chi connectivity index (χ4n) is 1.78. The van der Waals surface area contributed by atoms with Gasteiger partial charge < -0.3 is 10.1 Å². The van der Waals surface area contributed by atoms with Gasteiger partial charge in [0.25, 0.3) is 0 Å². The van der Waals surface area contributed by atoms with Crippen LogP contribution in [0.2, 0.25) is 0 Å². The van der Waals surface area contributed by atoms with Gasteiger partial charge in [-0.15, -0.1) is 11.3 Å². The molecule has 7 heteroatoms. The molecular formula is C14H15F3N2OS. The van der Waals surface area contributed by atoms with E-state index in [0.717, 1.165) is 11.3 Å². The standard InChI is InChI=1S/C14H15F3N2OS/c1-18-9-11-13(14(15,16)17)19-12(21-11)7-8-20-10-5-3-2-4-6-10/h2-6,18H,7-9H2,1H3. The van der Waals surface area contributed by atoms with Crippen molar-refractivity contribution in [3.05, 3.63) is 45.9 Å². The van der Waals surface area contributed by atoms with Crippen LogP contribution in [-0.4, -0.2) is 18.6 Å². The number of hydrogen-bond acceptors (Lipinski definition) is 4. The lowest BCUT2D eigenvalue weighted by molar-refractivity contribution is -0.141. The number of rotatable bonds is 6. The second-order valence-electron chi connectivity index (χ2n) is 4.32. The van der Waals surface area contributed by atoms with E-state index in [1.807, 2.05) is 18.2 Å². The average molecular weight is 316 g/mol. The van der Waals surface area contributed by atoms with E-state index >= 15 is 0 Å². The highest BCUT2D eigenvalue weighted by atomic mass is 32.1. The van der Waals surface area contributed by atoms with Gasteiger partial charge in [-0.1, -0.05) is 18.2 Å². The van der Waals surface area contributed by atoms with Crippen molar-refractivity contribution in [3.63, 3.8) is 0 Å². The maximum atomic E-state index is 12.9. The fraction of sp³-hybridized carbons (Fsp3) is 0.357. The van der Waals surface area contributed by atoms with Gasteiger partial charge in [0.15, 0.2) is 5.69 Å². The molecule has 0 atom stereocenters. The Balaban J connectivity index is 2.00. The molecule has 0 bridgehead atoms. The molecule has 2 aromatic rings. The van der Waals surface area contributed by atoms with Crippen molar-refractivity contribution >= 4 is 11.3 Å². The zero-order valence-electron chi connectivity index (χ0n) is 11.4. The first-order valence-corrected chi connectivity index (χ1v) is 7.20. The Morgan fingerprint density at radius 2 is 1.95 bits per heavy atom. The van der Waals surface area contributed by atoms with Crippen LogP contribution in [-0.2, 0) is 19.1 Å². The quantitative estimate of drug-likeness (QED) is 0.885. The predicted molar refractivity (Wildman–Crippen MR) is 75.5 cm³/mol. The number of ether oxygens (including phenoxy) is 1. The van der Waals surface area contributed by atoms with Gasteiger partial charge in [-0.3, -0.25) is 0 Å². The Bertz CT molecular complexity index is 569. The maximum Gasteiger partial charge on any atom is 0.434 e. The number of nitrogens with zero attached hydrogens (tertiary/aromatic N) is 1. The fourth-order valence-corrected chi connectivity index (χ4v) is 2.86. The van der Waals surface area contributed by atoms with Crippen LogP contribution >= 0.6 is 11.3 Å². The summed E-state index contributed by atoms with van der Waals surface area (Å²) >= 11 is 1.07. The third-order valence-corrected chi connectivity index (χ3v) is 3.79. The molecule has 0 aliphatic heterocycles. The van der Waals surface area contributed by atoms with Crippen LogP contribution in [0.25, 0.3) is 0 Å². The smallest absolute Gasteiger partial charge is 0.434 e. The van der Waals surface area contributed by atoms with Crippen LogP contribution in [0.4, 0.5) is 13.2 Å². The minimum absolute atomic E-state index is 0.159. The Morgan fingerprint density at radius 1 is 1.24 bits per heavy atom. The van der Waals surface area contributed by atoms with E-state index in [0.29, 0.717) is 23.8 Å². The minimum atomic E-state index is -4.42. The second-order valence-corrected chi connectivity index (χ2v) is 5.49. The van der Waals surface area contributed by atoms with Crippen LogP contribution in [0.5, 0.6) is 5.75 Å². The molecule has 0 fully saturated rings. The molecule has 1 aromatic carbocycles. The lowest BCUT2D eigenvalue weighted by Crippen LogP contribution is -2.13. The summed E-state index contributed by atoms with van der Waals surface area (Å²) in [6, 6.07) is 9.15. The zero-order chi connectivity index (χ0) is 15.3. The zero-order valence-corrected chi connectivity index (χ0v) is 12.2. The molecular weight excluding hydrogens is 301 g/mol. The summed E-state index contributed by atoms with van der Waals surface area (Å²) in [4.78, 5) is 3.91. The van der Waals surface area contributed by atoms with Gasteiger partial charge in [-0.05, 0) is 19.2 Å². The number of para-hydroxylation sites is 1. The number of hydrogen-bond donors (Lipinski definition) is 1. The highest BCUT2D eigenvalue weighted by molar-refractivity contribution is 7.11. The van der Waals surface area contributed by atoms with Crippen molar-refractivity contribution in [2.75, 3.05) is 13.7 Å². The summed E-state index contributed by atoms with van der Waals surface area (Å²) in [7, 11) is 1.61. The second kappa shape index (κ2) is 6.91. The van der Waals surface area contributed by atoms with Gasteiger partial charge >= 0.3 is 6.18 Å². The number of thiazole rings is 1. The number of benzene rings is 1. The molecule has 0 radical (unpaired) electrons. The van der Waals surface area contributed by atoms with Gasteiger partial charge in [0.05, 0.1) is 16.5 Å². The van der Waals surface area contributed by atoms with Crippen LogP contribution in [0, 0.1) is 0 Å². The first kappa shape index (κ1) is 15.8. The number of nitrogens with one attached hydrogen (secondary N) is 1. The van der Waals surface area contributed by atoms with Crippen LogP contribution in [0.15, 0.2) is 30.3 Å². The predicted octanol–water partition coefficient (Wildman–Crippen LogP) is 3.50. The van der Waals surface area contributed by atoms with Crippen molar-refractivity contribution in [1.29, 1.82) is 0 Å². The normalized spacial score (nSPS) is 11.6. The van der Waals surface area contributed by atoms with Gasteiger partial charge in [-0.2, -0.15) is 13.2 Å². The van der Waals surface area contributed by atoms with E-state index in [1.165, 1.54) is 0 Å². The average Bonchev–Trinajstić information content (AvgIpc) is 2.84. The Kier molecular flexibility index (Phi) is 5.19. The number of aromatic nitrogens is 1. The van der Waals surface area contributed by atoms with Crippen molar-refractivity contribution in [1.82, 2.24) is 10.3 Å². The molecule has 2 rings (SSSR count). The molecule has 0 saturated carbocycles. The van der Waals surface area contributed by atoms with Crippen LogP contribution in [0.3, 0.4) is 0 Å². The van der Waals surface area contributed by atoms with Crippen molar-refractivity contribution in [3.8, 4) is 5.75 Å². The third kappa shape index (κ3) is 4.44. The molecule has 1 heterocycles. The summed E-state index contributed by atoms with van der Waals surface area (Å²) in [5.74, 6) is 0.695. The summed E-state index contributed by atoms with van der Waals surface area (Å²) < 4.78 is 44.0. The first-order valence-electron chi connectivity index (χ1n) is 6.39. The topological polar surface area (TPSA) is 34.1 Å². The Hall–Kier alpha value is -1.60. The van der Waals surface area contributed by atoms with Crippen molar-refractivity contribution in [2.45, 2.75) is 19.1 Å². The van der Waals surface area contributed by atoms with Crippen LogP contribution in [0.1, 0.15) is 15.6 Å². The van der Waals surface area contributed by atoms with E-state index in [1.54, 1.807) is 19.2 Å². The molecule has 21 heavy (non-hydrogen) atoms. The van der Waals surface area contributed by atoms with E-state index in [2.05, 4.69) is 10.3 Å². The minimum Gasteiger partial charge on any atom is -0.493 e. The number of alkyl halides is 3. The molecule has 3 nitrogen and oxygen atoms in total. The number of halogens is 3. The Labute approximate surface area is 124 Å². The van der Waals surface area contributed by atoms with Gasteiger partial charge in [0.2, 0.25) is 0 Å². The molecule has 114 valence electrons. The lowest BCUT2D eigenvalue weighted by Gasteiger charge is -2.05. The van der Waals surface area contributed by atoms with E-state index in [9.17, 15) is 13.2 Å². The highest BCUT2D eigenvalue weighted by Crippen LogP contribution is 2.34. The van der Waals surface area contributed by atoms with Gasteiger partial charge in [0, 0.05) is 13.0 Å². The molecule has 1 aromatic heterocycles. The van der Waals surface area contributed by atoms with E-state index in [-0.39, 0.29) is 11.4 Å². The van der Waals surface area contributed by atoms with E-state index in [4.69, 9.17) is 4.74 Å². The first-order chi connectivity index (χ1) is 10.0. The molecule has 0 spiro atoms. The molecule has 0 saturated heterocycles. The molecule has 0 amide bonds. The molecule has 1 N–H and O–H groups in total. The summed E-state index contributed by atoms with van der Waals surface area (Å²) in [6.07, 6.45) is -4.06. The summed E-state index contributed by atoms with van der Waals surface area (Å²) in [5, 5.41) is 3.16. The van der Waals surface area contributed by atoms with Crippen molar-refractivity contribution < 1.29 is 17.9 Å². The third-order valence-electron chi connectivity index (χ3n) is 2.68. The van der Waals surface area contributed by atoms with Crippen molar-refractivity contribution in [2.24, 2.45) is 0 Å². The SMILES string of the molecule is CNCc1sc(CCOc2ccccc2)nc1C(F)(F)F.